The maximum absolute atomic E-state index is 13.5. The molecule has 0 aromatic heterocycles. The quantitative estimate of drug-likeness (QED) is 0.0157. The summed E-state index contributed by atoms with van der Waals surface area (Å²) >= 11 is 3.34. The Morgan fingerprint density at radius 1 is 0.532 bits per heavy atom. The van der Waals surface area contributed by atoms with E-state index in [2.05, 4.69) is 28.1 Å². The van der Waals surface area contributed by atoms with Crippen molar-refractivity contribution in [1.29, 1.82) is 0 Å². The van der Waals surface area contributed by atoms with Gasteiger partial charge in [-0.1, -0.05) is 40.8 Å². The monoisotopic (exact) mass is 1000 g/mol. The molecule has 0 aliphatic rings. The Hall–Kier alpha value is -2.09. The zero-order valence-electron chi connectivity index (χ0n) is 34.4. The van der Waals surface area contributed by atoms with Gasteiger partial charge < -0.3 is 9.47 Å². The third-order valence-corrected chi connectivity index (χ3v) is 14.1. The fourth-order valence-electron chi connectivity index (χ4n) is 5.76. The van der Waals surface area contributed by atoms with Crippen LogP contribution in [0.3, 0.4) is 0 Å². The highest BCUT2D eigenvalue weighted by molar-refractivity contribution is 7.99. The van der Waals surface area contributed by atoms with Crippen LogP contribution in [0.4, 0.5) is 13.2 Å². The lowest BCUT2D eigenvalue weighted by Gasteiger charge is -2.17. The van der Waals surface area contributed by atoms with Crippen molar-refractivity contribution in [1.82, 2.24) is 0 Å². The van der Waals surface area contributed by atoms with Gasteiger partial charge in [0, 0.05) is 11.1 Å². The van der Waals surface area contributed by atoms with Crippen molar-refractivity contribution >= 4 is 68.1 Å². The maximum Gasteiger partial charge on any atom is 0.300 e. The van der Waals surface area contributed by atoms with Crippen LogP contribution in [-0.2, 0) is 48.4 Å². The number of benzene rings is 3. The SMILES string of the molecule is Cc1c(F)c(SOOO)c(F)c(S(=O)(=O)O)c1F.Cc1cc(S(=O)(=O)O)c(C)c(C)c1OCCCCCCSCCCCCCOc1c(C)cc(SOOO)c(SOOO)c1C. The first-order valence-corrected chi connectivity index (χ1v) is 24.6. The van der Waals surface area contributed by atoms with Gasteiger partial charge in [-0.05, 0) is 113 Å². The normalized spacial score (nSPS) is 11.8. The number of hydrogen-bond acceptors (Lipinski definition) is 19. The van der Waals surface area contributed by atoms with E-state index in [0.29, 0.717) is 39.9 Å². The first-order chi connectivity index (χ1) is 29.2. The van der Waals surface area contributed by atoms with E-state index in [-0.39, 0.29) is 16.9 Å². The predicted octanol–water partition coefficient (Wildman–Crippen LogP) is 10.7. The Morgan fingerprint density at radius 3 is 1.50 bits per heavy atom. The lowest BCUT2D eigenvalue weighted by atomic mass is 10.1. The average molecular weight is 1000 g/mol. The third-order valence-electron chi connectivity index (χ3n) is 8.89. The molecule has 352 valence electrons. The highest BCUT2D eigenvalue weighted by Gasteiger charge is 2.31. The van der Waals surface area contributed by atoms with Gasteiger partial charge in [-0.15, -0.1) is 13.0 Å². The molecule has 17 nitrogen and oxygen atoms in total. The largest absolute Gasteiger partial charge is 0.493 e. The molecule has 0 heterocycles. The average Bonchev–Trinajstić information content (AvgIpc) is 3.20. The molecule has 0 bridgehead atoms. The second-order valence-corrected chi connectivity index (χ2v) is 19.4. The van der Waals surface area contributed by atoms with E-state index in [1.54, 1.807) is 19.9 Å². The molecule has 5 N–H and O–H groups in total. The second kappa shape index (κ2) is 28.1. The van der Waals surface area contributed by atoms with E-state index < -0.39 is 53.0 Å². The first kappa shape index (κ1) is 56.0. The summed E-state index contributed by atoms with van der Waals surface area (Å²) < 4.78 is 128. The van der Waals surface area contributed by atoms with E-state index in [0.717, 1.165) is 103 Å². The first-order valence-electron chi connectivity index (χ1n) is 18.4. The summed E-state index contributed by atoms with van der Waals surface area (Å²) in [6, 6.07) is 3.27. The highest BCUT2D eigenvalue weighted by Crippen LogP contribution is 2.41. The molecule has 3 aromatic rings. The summed E-state index contributed by atoms with van der Waals surface area (Å²) in [7, 11) is -9.49. The molecule has 0 spiro atoms. The molecule has 0 atom stereocenters. The third kappa shape index (κ3) is 17.4. The molecule has 0 aliphatic carbocycles. The summed E-state index contributed by atoms with van der Waals surface area (Å²) in [5.41, 5.74) is 2.78. The van der Waals surface area contributed by atoms with Crippen molar-refractivity contribution in [3.8, 4) is 11.5 Å². The minimum Gasteiger partial charge on any atom is -0.493 e. The fourth-order valence-corrected chi connectivity index (χ4v) is 10.1. The summed E-state index contributed by atoms with van der Waals surface area (Å²) in [5.74, 6) is -1.41. The van der Waals surface area contributed by atoms with Gasteiger partial charge in [0.15, 0.2) is 16.5 Å². The molecule has 0 radical (unpaired) electrons. The number of halogens is 3. The van der Waals surface area contributed by atoms with Gasteiger partial charge in [-0.25, -0.2) is 28.9 Å². The number of unbranched alkanes of at least 4 members (excludes halogenated alkanes) is 6. The van der Waals surface area contributed by atoms with Gasteiger partial charge in [0.25, 0.3) is 20.2 Å². The number of ether oxygens (including phenoxy) is 2. The number of thioether (sulfide) groups is 1. The van der Waals surface area contributed by atoms with Crippen molar-refractivity contribution in [2.75, 3.05) is 24.7 Å². The molecule has 0 aliphatic heterocycles. The fraction of sp³-hybridized carbons (Fsp3) is 0.500. The van der Waals surface area contributed by atoms with Crippen LogP contribution in [0.1, 0.15) is 84.7 Å². The van der Waals surface area contributed by atoms with Gasteiger partial charge in [-0.3, -0.25) is 9.11 Å². The van der Waals surface area contributed by atoms with Crippen LogP contribution in [0.15, 0.2) is 36.6 Å². The molecule has 0 saturated carbocycles. The summed E-state index contributed by atoms with van der Waals surface area (Å²) in [6.07, 6.45) is 8.66. The maximum atomic E-state index is 13.5. The van der Waals surface area contributed by atoms with Gasteiger partial charge in [0.2, 0.25) is 0 Å². The second-order valence-electron chi connectivity index (χ2n) is 13.2. The van der Waals surface area contributed by atoms with Crippen molar-refractivity contribution in [3.63, 3.8) is 0 Å². The van der Waals surface area contributed by atoms with Crippen LogP contribution in [0, 0.1) is 59.0 Å². The Kier molecular flexibility index (Phi) is 25.4. The zero-order chi connectivity index (χ0) is 46.6. The van der Waals surface area contributed by atoms with E-state index in [1.807, 2.05) is 32.5 Å². The Balaban J connectivity index is 0.000000611. The molecular formula is C36H49F3O17S6. The Bertz CT molecular complexity index is 2130. The van der Waals surface area contributed by atoms with Crippen LogP contribution in [0.5, 0.6) is 11.5 Å². The number of hydrogen-bond donors (Lipinski definition) is 5. The van der Waals surface area contributed by atoms with E-state index in [9.17, 15) is 34.6 Å². The molecule has 0 fully saturated rings. The molecule has 62 heavy (non-hydrogen) atoms. The number of aryl methyl sites for hydroxylation is 2. The summed E-state index contributed by atoms with van der Waals surface area (Å²) in [4.78, 5) is -1.69. The summed E-state index contributed by atoms with van der Waals surface area (Å²) in [5, 5.41) is 35.3. The standard InChI is InChI=1S/C29H44O11S4.C7H5F3O6S2/c1-20-18-25(42-39-37-30)29(43-40-38-31)24(5)28(20)36-15-11-7-9-13-17-41-16-12-8-6-10-14-35-27-21(2)19-26(44(32,33)34)22(3)23(27)4;1-2-3(8)6(17-16-15-11)5(10)7(4(2)9)18(12,13)14/h18-19,30-31H,6-17H2,1-5H3,(H,32,33,34);11H,1H3,(H,12,13,14). The van der Waals surface area contributed by atoms with Gasteiger partial charge in [0.05, 0.1) is 64.0 Å². The van der Waals surface area contributed by atoms with Gasteiger partial charge >= 0.3 is 0 Å². The molecule has 0 amide bonds. The minimum atomic E-state index is -5.24. The Morgan fingerprint density at radius 2 is 1.00 bits per heavy atom. The van der Waals surface area contributed by atoms with Crippen LogP contribution >= 0.6 is 47.9 Å². The lowest BCUT2D eigenvalue weighted by Crippen LogP contribution is -2.10. The molecule has 0 unspecified atom stereocenters. The zero-order valence-corrected chi connectivity index (χ0v) is 39.3. The minimum absolute atomic E-state index is 0.0608. The van der Waals surface area contributed by atoms with Crippen LogP contribution in [-0.4, -0.2) is 66.4 Å². The van der Waals surface area contributed by atoms with E-state index >= 15 is 0 Å². The van der Waals surface area contributed by atoms with Crippen molar-refractivity contribution < 1.29 is 92.5 Å². The predicted molar refractivity (Wildman–Crippen MR) is 224 cm³/mol. The van der Waals surface area contributed by atoms with Crippen molar-refractivity contribution in [2.45, 2.75) is 117 Å². The molecule has 3 rings (SSSR count). The molecule has 26 heteroatoms. The topological polar surface area (TPSA) is 243 Å². The smallest absolute Gasteiger partial charge is 0.300 e. The van der Waals surface area contributed by atoms with E-state index in [4.69, 9.17) is 29.8 Å². The van der Waals surface area contributed by atoms with Crippen LogP contribution in [0.25, 0.3) is 0 Å². The van der Waals surface area contributed by atoms with Crippen LogP contribution in [0.2, 0.25) is 0 Å². The molecular weight excluding hydrogens is 954 g/mol. The van der Waals surface area contributed by atoms with Crippen molar-refractivity contribution in [2.24, 2.45) is 0 Å². The van der Waals surface area contributed by atoms with Gasteiger partial charge in [-0.2, -0.15) is 28.6 Å². The summed E-state index contributed by atoms with van der Waals surface area (Å²) in [6.45, 7) is 11.0. The van der Waals surface area contributed by atoms with Crippen molar-refractivity contribution in [3.05, 3.63) is 63.0 Å². The highest BCUT2D eigenvalue weighted by atomic mass is 32.2. The molecule has 0 saturated heterocycles. The van der Waals surface area contributed by atoms with Crippen LogP contribution < -0.4 is 9.47 Å². The van der Waals surface area contributed by atoms with E-state index in [1.165, 1.54) is 18.9 Å². The van der Waals surface area contributed by atoms with Gasteiger partial charge in [0.1, 0.15) is 22.2 Å². The number of rotatable bonds is 27. The lowest BCUT2D eigenvalue weighted by molar-refractivity contribution is -0.432. The molecule has 3 aromatic carbocycles. The Labute approximate surface area is 375 Å².